The van der Waals surface area contributed by atoms with Gasteiger partial charge in [0.1, 0.15) is 6.04 Å². The maximum absolute atomic E-state index is 12.5. The second-order valence-corrected chi connectivity index (χ2v) is 7.51. The summed E-state index contributed by atoms with van der Waals surface area (Å²) in [6.07, 6.45) is 0. The Hall–Kier alpha value is -2.18. The van der Waals surface area contributed by atoms with Crippen molar-refractivity contribution < 1.29 is 9.59 Å². The first-order valence-electron chi connectivity index (χ1n) is 9.59. The molecule has 6 heteroatoms. The molecule has 0 bridgehead atoms. The van der Waals surface area contributed by atoms with Crippen LogP contribution < -0.4 is 10.6 Å². The van der Waals surface area contributed by atoms with Gasteiger partial charge in [0.2, 0.25) is 5.91 Å². The van der Waals surface area contributed by atoms with Gasteiger partial charge in [-0.3, -0.25) is 14.5 Å². The third-order valence-electron chi connectivity index (χ3n) is 4.75. The lowest BCUT2D eigenvalue weighted by Gasteiger charge is -2.30. The highest BCUT2D eigenvalue weighted by atomic mass is 79.9. The van der Waals surface area contributed by atoms with Crippen molar-refractivity contribution in [1.29, 1.82) is 0 Å². The van der Waals surface area contributed by atoms with E-state index in [4.69, 9.17) is 0 Å². The normalized spacial score (nSPS) is 13.0. The van der Waals surface area contributed by atoms with Gasteiger partial charge in [-0.2, -0.15) is 0 Å². The molecule has 2 rings (SSSR count). The molecule has 0 radical (unpaired) electrons. The Morgan fingerprint density at radius 2 is 1.61 bits per heavy atom. The number of halogens is 1. The van der Waals surface area contributed by atoms with E-state index in [0.29, 0.717) is 12.1 Å². The van der Waals surface area contributed by atoms with Crippen LogP contribution in [0.4, 0.5) is 0 Å². The van der Waals surface area contributed by atoms with Crippen LogP contribution in [-0.4, -0.2) is 42.4 Å². The summed E-state index contributed by atoms with van der Waals surface area (Å²) in [4.78, 5) is 27.2. The van der Waals surface area contributed by atoms with E-state index in [2.05, 4.69) is 57.4 Å². The van der Waals surface area contributed by atoms with Crippen LogP contribution in [0.1, 0.15) is 42.7 Å². The molecule has 2 N–H and O–H groups in total. The first kappa shape index (κ1) is 22.1. The number of hydrogen-bond donors (Lipinski definition) is 2. The average molecular weight is 446 g/mol. The number of amides is 2. The number of carbonyl (C=O) groups excluding carboxylic acids is 2. The summed E-state index contributed by atoms with van der Waals surface area (Å²) in [6.45, 7) is 8.19. The molecular formula is C22H28BrN3O2. The maximum Gasteiger partial charge on any atom is 0.251 e. The van der Waals surface area contributed by atoms with E-state index >= 15 is 0 Å². The van der Waals surface area contributed by atoms with Crippen molar-refractivity contribution in [3.05, 3.63) is 70.2 Å². The minimum Gasteiger partial charge on any atom is -0.352 e. The zero-order valence-electron chi connectivity index (χ0n) is 16.6. The molecule has 2 aromatic rings. The number of nitrogens with zero attached hydrogens (tertiary/aromatic N) is 1. The smallest absolute Gasteiger partial charge is 0.251 e. The van der Waals surface area contributed by atoms with Gasteiger partial charge in [-0.25, -0.2) is 0 Å². The number of rotatable bonds is 9. The van der Waals surface area contributed by atoms with Crippen molar-refractivity contribution in [2.24, 2.45) is 0 Å². The summed E-state index contributed by atoms with van der Waals surface area (Å²) in [5.41, 5.74) is 1.69. The molecule has 0 aromatic heterocycles. The predicted molar refractivity (Wildman–Crippen MR) is 116 cm³/mol. The van der Waals surface area contributed by atoms with Gasteiger partial charge >= 0.3 is 0 Å². The Labute approximate surface area is 175 Å². The molecule has 0 saturated carbocycles. The van der Waals surface area contributed by atoms with Gasteiger partial charge in [-0.15, -0.1) is 0 Å². The van der Waals surface area contributed by atoms with E-state index in [-0.39, 0.29) is 17.9 Å². The average Bonchev–Trinajstić information content (AvgIpc) is 2.71. The molecular weight excluding hydrogens is 418 g/mol. The summed E-state index contributed by atoms with van der Waals surface area (Å²) < 4.78 is 0.901. The predicted octanol–water partition coefficient (Wildman–Crippen LogP) is 3.77. The van der Waals surface area contributed by atoms with Crippen molar-refractivity contribution in [3.63, 3.8) is 0 Å². The van der Waals surface area contributed by atoms with Crippen LogP contribution in [0.3, 0.4) is 0 Å². The molecule has 0 aliphatic heterocycles. The quantitative estimate of drug-likeness (QED) is 0.617. The Morgan fingerprint density at radius 1 is 1.00 bits per heavy atom. The maximum atomic E-state index is 12.5. The topological polar surface area (TPSA) is 61.4 Å². The van der Waals surface area contributed by atoms with E-state index in [1.54, 1.807) is 31.2 Å². The van der Waals surface area contributed by atoms with E-state index in [1.165, 1.54) is 0 Å². The molecule has 0 aliphatic carbocycles. The lowest BCUT2D eigenvalue weighted by molar-refractivity contribution is -0.122. The number of nitrogens with one attached hydrogen (secondary N) is 2. The molecule has 150 valence electrons. The summed E-state index contributed by atoms with van der Waals surface area (Å²) in [7, 11) is 0. The highest BCUT2D eigenvalue weighted by molar-refractivity contribution is 9.10. The van der Waals surface area contributed by atoms with Gasteiger partial charge in [0, 0.05) is 16.6 Å². The molecule has 0 unspecified atom stereocenters. The Balaban J connectivity index is 1.97. The minimum atomic E-state index is -0.621. The van der Waals surface area contributed by atoms with Crippen LogP contribution in [0, 0.1) is 0 Å². The first-order chi connectivity index (χ1) is 13.5. The Bertz CT molecular complexity index is 761. The largest absolute Gasteiger partial charge is 0.352 e. The van der Waals surface area contributed by atoms with Gasteiger partial charge in [0.25, 0.3) is 5.91 Å². The standard InChI is InChI=1S/C22H28BrN3O2/c1-4-26(5-2)20(17-9-7-6-8-10-17)15-24-21(27)16(3)25-22(28)18-11-13-19(23)14-12-18/h6-14,16,20H,4-5,15H2,1-3H3,(H,24,27)(H,25,28)/t16-,20+/m1/s1. The lowest BCUT2D eigenvalue weighted by atomic mass is 10.0. The van der Waals surface area contributed by atoms with Crippen LogP contribution in [-0.2, 0) is 4.79 Å². The van der Waals surface area contributed by atoms with E-state index in [0.717, 1.165) is 23.1 Å². The Kier molecular flexibility index (Phi) is 8.67. The molecule has 0 saturated heterocycles. The molecule has 0 spiro atoms. The molecule has 0 aliphatic rings. The monoisotopic (exact) mass is 445 g/mol. The summed E-state index contributed by atoms with van der Waals surface area (Å²) in [5, 5.41) is 5.75. The number of hydrogen-bond acceptors (Lipinski definition) is 3. The molecule has 2 aromatic carbocycles. The second kappa shape index (κ2) is 11.0. The second-order valence-electron chi connectivity index (χ2n) is 6.59. The van der Waals surface area contributed by atoms with Crippen molar-refractivity contribution >= 4 is 27.7 Å². The molecule has 0 fully saturated rings. The summed E-state index contributed by atoms with van der Waals surface area (Å²) in [5.74, 6) is -0.461. The first-order valence-corrected chi connectivity index (χ1v) is 10.4. The number of carbonyl (C=O) groups is 2. The molecule has 5 nitrogen and oxygen atoms in total. The summed E-state index contributed by atoms with van der Waals surface area (Å²) >= 11 is 3.35. The molecule has 28 heavy (non-hydrogen) atoms. The van der Waals surface area contributed by atoms with Gasteiger partial charge in [-0.05, 0) is 49.8 Å². The third kappa shape index (κ3) is 6.17. The van der Waals surface area contributed by atoms with E-state index in [9.17, 15) is 9.59 Å². The third-order valence-corrected chi connectivity index (χ3v) is 5.28. The van der Waals surface area contributed by atoms with Gasteiger partial charge in [0.15, 0.2) is 0 Å². The fourth-order valence-electron chi connectivity index (χ4n) is 3.09. The SMILES string of the molecule is CCN(CC)[C@@H](CNC(=O)[C@@H](C)NC(=O)c1ccc(Br)cc1)c1ccccc1. The lowest BCUT2D eigenvalue weighted by Crippen LogP contribution is -2.47. The number of benzene rings is 2. The molecule has 0 heterocycles. The van der Waals surface area contributed by atoms with Crippen LogP contribution in [0.2, 0.25) is 0 Å². The zero-order valence-corrected chi connectivity index (χ0v) is 18.2. The van der Waals surface area contributed by atoms with Crippen molar-refractivity contribution in [3.8, 4) is 0 Å². The highest BCUT2D eigenvalue weighted by Crippen LogP contribution is 2.19. The minimum absolute atomic E-state index is 0.0922. The van der Waals surface area contributed by atoms with E-state index in [1.807, 2.05) is 18.2 Å². The van der Waals surface area contributed by atoms with Gasteiger partial charge in [-0.1, -0.05) is 60.1 Å². The van der Waals surface area contributed by atoms with Crippen molar-refractivity contribution in [1.82, 2.24) is 15.5 Å². The van der Waals surface area contributed by atoms with Gasteiger partial charge in [0.05, 0.1) is 6.04 Å². The van der Waals surface area contributed by atoms with Gasteiger partial charge < -0.3 is 10.6 Å². The Morgan fingerprint density at radius 3 is 2.18 bits per heavy atom. The molecule has 2 atom stereocenters. The van der Waals surface area contributed by atoms with E-state index < -0.39 is 6.04 Å². The van der Waals surface area contributed by atoms with Crippen LogP contribution >= 0.6 is 15.9 Å². The highest BCUT2D eigenvalue weighted by Gasteiger charge is 2.21. The van der Waals surface area contributed by atoms with Crippen molar-refractivity contribution in [2.75, 3.05) is 19.6 Å². The van der Waals surface area contributed by atoms with Crippen molar-refractivity contribution in [2.45, 2.75) is 32.9 Å². The zero-order chi connectivity index (χ0) is 20.5. The number of likely N-dealkylation sites (N-methyl/N-ethyl adjacent to an activating group) is 1. The van der Waals surface area contributed by atoms with Crippen LogP contribution in [0.15, 0.2) is 59.1 Å². The fourth-order valence-corrected chi connectivity index (χ4v) is 3.36. The molecule has 2 amide bonds. The summed E-state index contributed by atoms with van der Waals surface area (Å²) in [6, 6.07) is 16.7. The van der Waals surface area contributed by atoms with Crippen LogP contribution in [0.25, 0.3) is 0 Å². The fraction of sp³-hybridized carbons (Fsp3) is 0.364. The van der Waals surface area contributed by atoms with Crippen LogP contribution in [0.5, 0.6) is 0 Å².